The molecule has 0 bridgehead atoms. The smallest absolute Gasteiger partial charge is 0.243 e. The lowest BCUT2D eigenvalue weighted by atomic mass is 10.1. The molecule has 2 aromatic rings. The molecule has 110 valence electrons. The molecular weight excluding hydrogens is 291 g/mol. The number of carbonyl (C=O) groups is 1. The molecule has 5 heteroatoms. The maximum Gasteiger partial charge on any atom is 0.243 e. The molecule has 0 heterocycles. The summed E-state index contributed by atoms with van der Waals surface area (Å²) in [4.78, 5) is 11.8. The molecule has 3 nitrogen and oxygen atoms in total. The van der Waals surface area contributed by atoms with Crippen LogP contribution < -0.4 is 10.6 Å². The van der Waals surface area contributed by atoms with Crippen LogP contribution in [-0.4, -0.2) is 12.5 Å². The first kappa shape index (κ1) is 15.3. The van der Waals surface area contributed by atoms with E-state index in [1.165, 1.54) is 12.1 Å². The van der Waals surface area contributed by atoms with Crippen molar-refractivity contribution < 1.29 is 9.18 Å². The highest BCUT2D eigenvalue weighted by Crippen LogP contribution is 2.27. The Bertz CT molecular complexity index is 650. The first-order chi connectivity index (χ1) is 9.95. The number of aryl methyl sites for hydroxylation is 2. The summed E-state index contributed by atoms with van der Waals surface area (Å²) in [6.07, 6.45) is 0. The van der Waals surface area contributed by atoms with Gasteiger partial charge in [0, 0.05) is 5.69 Å². The summed E-state index contributed by atoms with van der Waals surface area (Å²) in [5, 5.41) is 6.20. The molecule has 0 atom stereocenters. The van der Waals surface area contributed by atoms with Gasteiger partial charge < -0.3 is 10.6 Å². The molecular formula is C16H16ClFN2O. The van der Waals surface area contributed by atoms with Gasteiger partial charge in [0.25, 0.3) is 0 Å². The molecule has 0 aliphatic carbocycles. The zero-order valence-electron chi connectivity index (χ0n) is 11.8. The van der Waals surface area contributed by atoms with Gasteiger partial charge in [-0.2, -0.15) is 0 Å². The largest absolute Gasteiger partial charge is 0.375 e. The van der Waals surface area contributed by atoms with E-state index in [0.29, 0.717) is 10.7 Å². The number of halogens is 2. The van der Waals surface area contributed by atoms with Gasteiger partial charge in [-0.05, 0) is 49.2 Å². The highest BCUT2D eigenvalue weighted by Gasteiger charge is 2.08. The van der Waals surface area contributed by atoms with Crippen LogP contribution in [0, 0.1) is 19.7 Å². The summed E-state index contributed by atoms with van der Waals surface area (Å²) < 4.78 is 13.0. The molecule has 0 aliphatic rings. The van der Waals surface area contributed by atoms with Crippen LogP contribution in [0.2, 0.25) is 5.02 Å². The van der Waals surface area contributed by atoms with E-state index < -0.39 is 5.82 Å². The van der Waals surface area contributed by atoms with Crippen LogP contribution in [0.15, 0.2) is 36.4 Å². The van der Waals surface area contributed by atoms with Crippen LogP contribution in [0.1, 0.15) is 11.1 Å². The summed E-state index contributed by atoms with van der Waals surface area (Å²) in [6.45, 7) is 3.94. The zero-order valence-corrected chi connectivity index (χ0v) is 12.6. The SMILES string of the molecule is Cc1cc(C)c(NCC(=O)Nc2cccc(F)c2)c(Cl)c1. The van der Waals surface area contributed by atoms with Crippen LogP contribution in [0.3, 0.4) is 0 Å². The van der Waals surface area contributed by atoms with Crippen molar-refractivity contribution >= 4 is 28.9 Å². The summed E-state index contributed by atoms with van der Waals surface area (Å²) in [5.41, 5.74) is 3.19. The highest BCUT2D eigenvalue weighted by molar-refractivity contribution is 6.33. The third-order valence-electron chi connectivity index (χ3n) is 2.97. The topological polar surface area (TPSA) is 41.1 Å². The number of carbonyl (C=O) groups excluding carboxylic acids is 1. The van der Waals surface area contributed by atoms with Crippen molar-refractivity contribution in [3.63, 3.8) is 0 Å². The van der Waals surface area contributed by atoms with Crippen LogP contribution in [0.4, 0.5) is 15.8 Å². The Labute approximate surface area is 128 Å². The van der Waals surface area contributed by atoms with Gasteiger partial charge in [0.1, 0.15) is 5.82 Å². The van der Waals surface area contributed by atoms with E-state index in [0.717, 1.165) is 16.8 Å². The highest BCUT2D eigenvalue weighted by atomic mass is 35.5. The van der Waals surface area contributed by atoms with E-state index in [-0.39, 0.29) is 12.5 Å². The number of anilines is 2. The van der Waals surface area contributed by atoms with Gasteiger partial charge in [0.15, 0.2) is 0 Å². The second-order valence-electron chi connectivity index (χ2n) is 4.85. The van der Waals surface area contributed by atoms with Gasteiger partial charge in [-0.1, -0.05) is 23.7 Å². The van der Waals surface area contributed by atoms with Crippen molar-refractivity contribution in [2.75, 3.05) is 17.2 Å². The molecule has 2 N–H and O–H groups in total. The minimum absolute atomic E-state index is 0.0557. The first-order valence-electron chi connectivity index (χ1n) is 6.52. The Morgan fingerprint density at radius 2 is 2.00 bits per heavy atom. The molecule has 0 radical (unpaired) electrons. The lowest BCUT2D eigenvalue weighted by Crippen LogP contribution is -2.22. The predicted octanol–water partition coefficient (Wildman–Crippen LogP) is 4.15. The van der Waals surface area contributed by atoms with Crippen molar-refractivity contribution in [2.45, 2.75) is 13.8 Å². The lowest BCUT2D eigenvalue weighted by Gasteiger charge is -2.12. The Morgan fingerprint density at radius 1 is 1.24 bits per heavy atom. The van der Waals surface area contributed by atoms with E-state index in [1.54, 1.807) is 12.1 Å². The van der Waals surface area contributed by atoms with E-state index >= 15 is 0 Å². The molecule has 0 saturated carbocycles. The summed E-state index contributed by atoms with van der Waals surface area (Å²) in [7, 11) is 0. The third-order valence-corrected chi connectivity index (χ3v) is 3.26. The fourth-order valence-electron chi connectivity index (χ4n) is 2.08. The normalized spacial score (nSPS) is 10.3. The van der Waals surface area contributed by atoms with E-state index in [1.807, 2.05) is 26.0 Å². The average molecular weight is 307 g/mol. The van der Waals surface area contributed by atoms with Gasteiger partial charge in [0.2, 0.25) is 5.91 Å². The molecule has 0 saturated heterocycles. The van der Waals surface area contributed by atoms with Crippen molar-refractivity contribution in [3.05, 3.63) is 58.4 Å². The molecule has 1 amide bonds. The molecule has 21 heavy (non-hydrogen) atoms. The van der Waals surface area contributed by atoms with Crippen LogP contribution in [0.5, 0.6) is 0 Å². The van der Waals surface area contributed by atoms with E-state index in [2.05, 4.69) is 10.6 Å². The van der Waals surface area contributed by atoms with Crippen LogP contribution in [-0.2, 0) is 4.79 Å². The second-order valence-corrected chi connectivity index (χ2v) is 5.26. The van der Waals surface area contributed by atoms with Gasteiger partial charge in [-0.3, -0.25) is 4.79 Å². The fraction of sp³-hybridized carbons (Fsp3) is 0.188. The number of nitrogens with one attached hydrogen (secondary N) is 2. The Balaban J connectivity index is 1.99. The lowest BCUT2D eigenvalue weighted by molar-refractivity contribution is -0.114. The molecule has 0 spiro atoms. The molecule has 0 aromatic heterocycles. The standard InChI is InChI=1S/C16H16ClFN2O/c1-10-6-11(2)16(14(17)7-10)19-9-15(21)20-13-5-3-4-12(18)8-13/h3-8,19H,9H2,1-2H3,(H,20,21). The predicted molar refractivity (Wildman–Crippen MR) is 84.4 cm³/mol. The van der Waals surface area contributed by atoms with E-state index in [9.17, 15) is 9.18 Å². The van der Waals surface area contributed by atoms with Gasteiger partial charge in [-0.15, -0.1) is 0 Å². The Morgan fingerprint density at radius 3 is 2.67 bits per heavy atom. The van der Waals surface area contributed by atoms with Crippen molar-refractivity contribution in [1.29, 1.82) is 0 Å². The molecule has 0 unspecified atom stereocenters. The number of rotatable bonds is 4. The van der Waals surface area contributed by atoms with Crippen molar-refractivity contribution in [2.24, 2.45) is 0 Å². The molecule has 2 rings (SSSR count). The quantitative estimate of drug-likeness (QED) is 0.891. The second kappa shape index (κ2) is 6.59. The summed E-state index contributed by atoms with van der Waals surface area (Å²) in [6, 6.07) is 9.58. The minimum atomic E-state index is -0.391. The molecule has 0 fully saturated rings. The summed E-state index contributed by atoms with van der Waals surface area (Å²) in [5.74, 6) is -0.658. The van der Waals surface area contributed by atoms with Crippen LogP contribution in [0.25, 0.3) is 0 Å². The number of benzene rings is 2. The number of hydrogen-bond donors (Lipinski definition) is 2. The Hall–Kier alpha value is -2.07. The minimum Gasteiger partial charge on any atom is -0.375 e. The first-order valence-corrected chi connectivity index (χ1v) is 6.89. The van der Waals surface area contributed by atoms with E-state index in [4.69, 9.17) is 11.6 Å². The monoisotopic (exact) mass is 306 g/mol. The zero-order chi connectivity index (χ0) is 15.4. The summed E-state index contributed by atoms with van der Waals surface area (Å²) >= 11 is 6.16. The van der Waals surface area contributed by atoms with Crippen molar-refractivity contribution in [3.8, 4) is 0 Å². The maximum atomic E-state index is 13.0. The number of amides is 1. The van der Waals surface area contributed by atoms with Gasteiger partial charge in [-0.25, -0.2) is 4.39 Å². The van der Waals surface area contributed by atoms with Gasteiger partial charge in [0.05, 0.1) is 17.3 Å². The maximum absolute atomic E-state index is 13.0. The number of hydrogen-bond acceptors (Lipinski definition) is 2. The molecule has 0 aliphatic heterocycles. The van der Waals surface area contributed by atoms with Crippen molar-refractivity contribution in [1.82, 2.24) is 0 Å². The third kappa shape index (κ3) is 4.20. The Kier molecular flexibility index (Phi) is 4.81. The van der Waals surface area contributed by atoms with Crippen LogP contribution >= 0.6 is 11.6 Å². The van der Waals surface area contributed by atoms with Gasteiger partial charge >= 0.3 is 0 Å². The molecule has 2 aromatic carbocycles. The average Bonchev–Trinajstić information content (AvgIpc) is 2.37. The fourth-order valence-corrected chi connectivity index (χ4v) is 2.47.